The van der Waals surface area contributed by atoms with Crippen LogP contribution in [0.2, 0.25) is 0 Å². The molecule has 124 valence electrons. The third-order valence-corrected chi connectivity index (χ3v) is 4.46. The molecule has 7 heteroatoms. The molecule has 0 aliphatic heterocycles. The fourth-order valence-electron chi connectivity index (χ4n) is 2.08. The van der Waals surface area contributed by atoms with Crippen LogP contribution in [0.1, 0.15) is 39.5 Å². The zero-order chi connectivity index (χ0) is 16.6. The molecule has 0 bridgehead atoms. The Morgan fingerprint density at radius 3 is 2.36 bits per heavy atom. The lowest BCUT2D eigenvalue weighted by Gasteiger charge is -2.15. The summed E-state index contributed by atoms with van der Waals surface area (Å²) >= 11 is 0. The molecule has 1 aromatic rings. The maximum atomic E-state index is 11.8. The van der Waals surface area contributed by atoms with E-state index in [1.165, 1.54) is 24.3 Å². The molecule has 22 heavy (non-hydrogen) atoms. The van der Waals surface area contributed by atoms with Crippen molar-refractivity contribution in [1.82, 2.24) is 5.32 Å². The van der Waals surface area contributed by atoms with Crippen molar-refractivity contribution in [3.05, 3.63) is 24.3 Å². The number of carbonyl (C=O) groups excluding carboxylic acids is 1. The van der Waals surface area contributed by atoms with Gasteiger partial charge in [0.2, 0.25) is 10.0 Å². The SMILES string of the molecule is CCCC[C@@H](CC)CNC(=O)Nc1ccc(S(N)(=O)=O)cc1. The molecule has 0 fully saturated rings. The second-order valence-corrected chi connectivity index (χ2v) is 6.88. The molecule has 0 aromatic heterocycles. The first kappa shape index (κ1) is 18.4. The number of anilines is 1. The van der Waals surface area contributed by atoms with Crippen molar-refractivity contribution in [3.8, 4) is 0 Å². The zero-order valence-corrected chi connectivity index (χ0v) is 13.9. The van der Waals surface area contributed by atoms with Crippen molar-refractivity contribution in [1.29, 1.82) is 0 Å². The minimum Gasteiger partial charge on any atom is -0.338 e. The molecule has 6 nitrogen and oxygen atoms in total. The van der Waals surface area contributed by atoms with Crippen LogP contribution in [0.25, 0.3) is 0 Å². The van der Waals surface area contributed by atoms with Crippen LogP contribution in [0.15, 0.2) is 29.2 Å². The molecule has 0 saturated heterocycles. The third kappa shape index (κ3) is 6.44. The van der Waals surface area contributed by atoms with Crippen molar-refractivity contribution >= 4 is 21.7 Å². The van der Waals surface area contributed by atoms with E-state index in [0.29, 0.717) is 18.2 Å². The molecule has 4 N–H and O–H groups in total. The van der Waals surface area contributed by atoms with Crippen molar-refractivity contribution in [2.24, 2.45) is 11.1 Å². The maximum Gasteiger partial charge on any atom is 0.319 e. The summed E-state index contributed by atoms with van der Waals surface area (Å²) in [5, 5.41) is 10.5. The van der Waals surface area contributed by atoms with Crippen LogP contribution < -0.4 is 15.8 Å². The first-order valence-electron chi connectivity index (χ1n) is 7.54. The van der Waals surface area contributed by atoms with Gasteiger partial charge in [0, 0.05) is 12.2 Å². The molecule has 2 amide bonds. The highest BCUT2D eigenvalue weighted by atomic mass is 32.2. The number of nitrogens with one attached hydrogen (secondary N) is 2. The van der Waals surface area contributed by atoms with Gasteiger partial charge in [-0.15, -0.1) is 0 Å². The van der Waals surface area contributed by atoms with E-state index in [0.717, 1.165) is 25.7 Å². The van der Waals surface area contributed by atoms with Crippen molar-refractivity contribution in [3.63, 3.8) is 0 Å². The third-order valence-electron chi connectivity index (χ3n) is 3.54. The lowest BCUT2D eigenvalue weighted by molar-refractivity contribution is 0.249. The maximum absolute atomic E-state index is 11.8. The number of unbranched alkanes of at least 4 members (excludes halogenated alkanes) is 1. The van der Waals surface area contributed by atoms with Gasteiger partial charge in [-0.25, -0.2) is 18.4 Å². The summed E-state index contributed by atoms with van der Waals surface area (Å²) in [7, 11) is -3.71. The topological polar surface area (TPSA) is 101 Å². The molecule has 1 atom stereocenters. The molecule has 0 heterocycles. The van der Waals surface area contributed by atoms with Gasteiger partial charge in [-0.1, -0.05) is 33.1 Å². The fraction of sp³-hybridized carbons (Fsp3) is 0.533. The van der Waals surface area contributed by atoms with Crippen LogP contribution in [0.5, 0.6) is 0 Å². The smallest absolute Gasteiger partial charge is 0.319 e. The summed E-state index contributed by atoms with van der Waals surface area (Å²) in [6.45, 7) is 4.90. The van der Waals surface area contributed by atoms with Gasteiger partial charge < -0.3 is 10.6 Å². The van der Waals surface area contributed by atoms with Gasteiger partial charge >= 0.3 is 6.03 Å². The van der Waals surface area contributed by atoms with E-state index in [1.807, 2.05) is 0 Å². The number of rotatable bonds is 8. The van der Waals surface area contributed by atoms with Gasteiger partial charge in [-0.3, -0.25) is 0 Å². The average Bonchev–Trinajstić information content (AvgIpc) is 2.47. The van der Waals surface area contributed by atoms with E-state index in [1.54, 1.807) is 0 Å². The van der Waals surface area contributed by atoms with Crippen molar-refractivity contribution < 1.29 is 13.2 Å². The number of hydrogen-bond donors (Lipinski definition) is 3. The zero-order valence-electron chi connectivity index (χ0n) is 13.1. The van der Waals surface area contributed by atoms with Crippen LogP contribution in [0.4, 0.5) is 10.5 Å². The van der Waals surface area contributed by atoms with E-state index in [4.69, 9.17) is 5.14 Å². The highest BCUT2D eigenvalue weighted by Gasteiger charge is 2.10. The van der Waals surface area contributed by atoms with Crippen molar-refractivity contribution in [2.45, 2.75) is 44.4 Å². The van der Waals surface area contributed by atoms with Crippen LogP contribution in [0, 0.1) is 5.92 Å². The highest BCUT2D eigenvalue weighted by molar-refractivity contribution is 7.89. The normalized spacial score (nSPS) is 12.7. The van der Waals surface area contributed by atoms with Crippen LogP contribution >= 0.6 is 0 Å². The molecule has 0 unspecified atom stereocenters. The van der Waals surface area contributed by atoms with Crippen LogP contribution in [-0.4, -0.2) is 21.0 Å². The molecule has 1 aromatic carbocycles. The fourth-order valence-corrected chi connectivity index (χ4v) is 2.60. The largest absolute Gasteiger partial charge is 0.338 e. The highest BCUT2D eigenvalue weighted by Crippen LogP contribution is 2.13. The number of carbonyl (C=O) groups is 1. The minimum absolute atomic E-state index is 0.0177. The van der Waals surface area contributed by atoms with Crippen molar-refractivity contribution in [2.75, 3.05) is 11.9 Å². The number of amides is 2. The van der Waals surface area contributed by atoms with E-state index in [2.05, 4.69) is 24.5 Å². The first-order chi connectivity index (χ1) is 10.4. The molecule has 0 aliphatic rings. The van der Waals surface area contributed by atoms with Gasteiger partial charge in [0.05, 0.1) is 4.90 Å². The lowest BCUT2D eigenvalue weighted by atomic mass is 9.99. The molecule has 1 rings (SSSR count). The molecule has 0 radical (unpaired) electrons. The molecular formula is C15H25N3O3S. The quantitative estimate of drug-likeness (QED) is 0.684. The second kappa shape index (κ2) is 8.75. The Balaban J connectivity index is 2.48. The Morgan fingerprint density at radius 1 is 1.23 bits per heavy atom. The summed E-state index contributed by atoms with van der Waals surface area (Å²) in [5.41, 5.74) is 0.520. The van der Waals surface area contributed by atoms with Crippen LogP contribution in [0.3, 0.4) is 0 Å². The van der Waals surface area contributed by atoms with Gasteiger partial charge in [0.25, 0.3) is 0 Å². The Kier molecular flexibility index (Phi) is 7.34. The Bertz CT molecular complexity index is 570. The summed E-state index contributed by atoms with van der Waals surface area (Å²) in [6, 6.07) is 5.45. The summed E-state index contributed by atoms with van der Waals surface area (Å²) in [6.07, 6.45) is 4.45. The van der Waals surface area contributed by atoms with E-state index in [-0.39, 0.29) is 10.9 Å². The predicted octanol–water partition coefficient (Wildman–Crippen LogP) is 2.67. The monoisotopic (exact) mass is 327 g/mol. The number of urea groups is 1. The van der Waals surface area contributed by atoms with E-state index in [9.17, 15) is 13.2 Å². The Morgan fingerprint density at radius 2 is 1.86 bits per heavy atom. The summed E-state index contributed by atoms with van der Waals surface area (Å²) in [4.78, 5) is 11.8. The van der Waals surface area contributed by atoms with Gasteiger partial charge in [-0.05, 0) is 36.6 Å². The van der Waals surface area contributed by atoms with E-state index >= 15 is 0 Å². The molecule has 0 spiro atoms. The predicted molar refractivity (Wildman–Crippen MR) is 88.1 cm³/mol. The summed E-state index contributed by atoms with van der Waals surface area (Å²) < 4.78 is 22.3. The first-order valence-corrected chi connectivity index (χ1v) is 9.09. The summed E-state index contributed by atoms with van der Waals surface area (Å²) in [5.74, 6) is 0.482. The van der Waals surface area contributed by atoms with Crippen LogP contribution in [-0.2, 0) is 10.0 Å². The van der Waals surface area contributed by atoms with Gasteiger partial charge in [-0.2, -0.15) is 0 Å². The lowest BCUT2D eigenvalue weighted by Crippen LogP contribution is -2.33. The molecule has 0 saturated carbocycles. The number of primary sulfonamides is 1. The number of hydrogen-bond acceptors (Lipinski definition) is 3. The number of sulfonamides is 1. The Hall–Kier alpha value is -1.60. The van der Waals surface area contributed by atoms with E-state index < -0.39 is 10.0 Å². The second-order valence-electron chi connectivity index (χ2n) is 5.32. The van der Waals surface area contributed by atoms with Gasteiger partial charge in [0.15, 0.2) is 0 Å². The van der Waals surface area contributed by atoms with Gasteiger partial charge in [0.1, 0.15) is 0 Å². The number of benzene rings is 1. The number of nitrogens with two attached hydrogens (primary N) is 1. The molecule has 0 aliphatic carbocycles. The Labute approximate surface area is 132 Å². The minimum atomic E-state index is -3.71. The standard InChI is InChI=1S/C15H25N3O3S/c1-3-5-6-12(4-2)11-17-15(19)18-13-7-9-14(10-8-13)22(16,20)21/h7-10,12H,3-6,11H2,1-2H3,(H2,16,20,21)(H2,17,18,19)/t12-/m1/s1. The average molecular weight is 327 g/mol. The molecular weight excluding hydrogens is 302 g/mol.